The molecule has 0 aromatic rings. The van der Waals surface area contributed by atoms with Crippen LogP contribution in [-0.4, -0.2) is 168 Å². The maximum atomic E-state index is 12.6. The van der Waals surface area contributed by atoms with Crippen LogP contribution in [-0.2, 0) is 19.2 Å². The number of carbonyl (C=O) groups excluding carboxylic acids is 1. The van der Waals surface area contributed by atoms with Gasteiger partial charge in [-0.25, -0.2) is 0 Å². The van der Waals surface area contributed by atoms with Gasteiger partial charge in [0.05, 0.1) is 26.2 Å². The van der Waals surface area contributed by atoms with E-state index in [-0.39, 0.29) is 32.1 Å². The zero-order chi connectivity index (χ0) is 25.6. The lowest BCUT2D eigenvalue weighted by Gasteiger charge is -2.32. The van der Waals surface area contributed by atoms with Crippen molar-refractivity contribution >= 4 is 23.8 Å². The number of likely N-dealkylation sites (tertiary alicyclic amines) is 1. The molecule has 13 heteroatoms. The molecule has 0 radical (unpaired) electrons. The lowest BCUT2D eigenvalue weighted by atomic mass is 10.3. The highest BCUT2D eigenvalue weighted by molar-refractivity contribution is 5.78. The normalized spacial score (nSPS) is 20.7. The monoisotopic (exact) mass is 500 g/mol. The maximum absolute atomic E-state index is 12.6. The molecule has 13 nitrogen and oxygen atoms in total. The largest absolute Gasteiger partial charge is 0.480 e. The Morgan fingerprint density at radius 1 is 0.514 bits per heavy atom. The molecule has 0 aromatic carbocycles. The van der Waals surface area contributed by atoms with E-state index in [2.05, 4.69) is 10.2 Å². The summed E-state index contributed by atoms with van der Waals surface area (Å²) in [5.74, 6) is -3.05. The molecule has 2 saturated heterocycles. The summed E-state index contributed by atoms with van der Waals surface area (Å²) in [6.45, 7) is 6.16. The Hall–Kier alpha value is -2.32. The summed E-state index contributed by atoms with van der Waals surface area (Å²) in [5.41, 5.74) is 0. The predicted octanol–water partition coefficient (Wildman–Crippen LogP) is -2.33. The van der Waals surface area contributed by atoms with Gasteiger partial charge in [0.1, 0.15) is 0 Å². The maximum Gasteiger partial charge on any atom is 0.317 e. The fourth-order valence-corrected chi connectivity index (χ4v) is 4.40. The average Bonchev–Trinajstić information content (AvgIpc) is 3.28. The molecule has 200 valence electrons. The predicted molar refractivity (Wildman–Crippen MR) is 127 cm³/mol. The molecule has 35 heavy (non-hydrogen) atoms. The number of nitrogens with one attached hydrogen (secondary N) is 1. The minimum atomic E-state index is -0.992. The summed E-state index contributed by atoms with van der Waals surface area (Å²) in [6.07, 6.45) is 2.38. The molecular formula is C22H40N6O7. The van der Waals surface area contributed by atoms with Crippen molar-refractivity contribution in [2.75, 3.05) is 105 Å². The van der Waals surface area contributed by atoms with E-state index < -0.39 is 17.9 Å². The minimum Gasteiger partial charge on any atom is -0.480 e. The molecule has 4 N–H and O–H groups in total. The summed E-state index contributed by atoms with van der Waals surface area (Å²) < 4.78 is 0. The van der Waals surface area contributed by atoms with Crippen LogP contribution >= 0.6 is 0 Å². The highest BCUT2D eigenvalue weighted by atomic mass is 16.4. The third kappa shape index (κ3) is 12.8. The zero-order valence-corrected chi connectivity index (χ0v) is 20.4. The number of hydrogen-bond acceptors (Lipinski definition) is 9. The third-order valence-electron chi connectivity index (χ3n) is 6.32. The molecule has 0 spiro atoms. The van der Waals surface area contributed by atoms with Crippen molar-refractivity contribution in [1.29, 1.82) is 0 Å². The first-order valence-corrected chi connectivity index (χ1v) is 12.2. The number of rotatable bonds is 11. The van der Waals surface area contributed by atoms with Gasteiger partial charge < -0.3 is 25.5 Å². The molecular weight excluding hydrogens is 460 g/mol. The van der Waals surface area contributed by atoms with E-state index in [4.69, 9.17) is 0 Å². The average molecular weight is 501 g/mol. The second-order valence-electron chi connectivity index (χ2n) is 9.18. The molecule has 0 unspecified atom stereocenters. The first-order valence-electron chi connectivity index (χ1n) is 12.2. The molecule has 2 aliphatic rings. The fourth-order valence-electron chi connectivity index (χ4n) is 4.40. The van der Waals surface area contributed by atoms with Crippen LogP contribution in [0, 0.1) is 0 Å². The first-order chi connectivity index (χ1) is 16.7. The lowest BCUT2D eigenvalue weighted by molar-refractivity contribution is -0.140. The van der Waals surface area contributed by atoms with E-state index >= 15 is 0 Å². The number of aliphatic carboxylic acids is 3. The second-order valence-corrected chi connectivity index (χ2v) is 9.18. The van der Waals surface area contributed by atoms with Gasteiger partial charge in [0.25, 0.3) is 0 Å². The summed E-state index contributed by atoms with van der Waals surface area (Å²) in [6, 6.07) is 0. The molecule has 0 bridgehead atoms. The molecule has 0 aliphatic carbocycles. The number of carboxylic acid groups (broad SMARTS) is 3. The standard InChI is InChI=1S/C22H40N6O7/c29-19(23-3-6-24-4-1-2-5-24)15-25-7-9-26(16-20(30)31)11-13-28(18-22(34)35)14-12-27(10-8-25)17-21(32)33/h1-18H2,(H,23,29)(H,30,31)(H,32,33)(H,34,35). The molecule has 2 aliphatic heterocycles. The number of amides is 1. The summed E-state index contributed by atoms with van der Waals surface area (Å²) in [4.78, 5) is 55.9. The van der Waals surface area contributed by atoms with Crippen molar-refractivity contribution < 1.29 is 34.5 Å². The molecule has 0 saturated carbocycles. The summed E-state index contributed by atoms with van der Waals surface area (Å²) >= 11 is 0. The SMILES string of the molecule is O=C(O)CN1CCN(CC(=O)O)CCN(CC(=O)NCCN2CCCC2)CCN(CC(=O)O)CC1. The first kappa shape index (κ1) is 28.9. The molecule has 2 heterocycles. The van der Waals surface area contributed by atoms with Gasteiger partial charge in [0.2, 0.25) is 5.91 Å². The van der Waals surface area contributed by atoms with E-state index in [0.717, 1.165) is 19.6 Å². The van der Waals surface area contributed by atoms with Crippen molar-refractivity contribution in [2.45, 2.75) is 12.8 Å². The van der Waals surface area contributed by atoms with Crippen molar-refractivity contribution in [1.82, 2.24) is 29.8 Å². The molecule has 2 rings (SSSR count). The van der Waals surface area contributed by atoms with Gasteiger partial charge in [-0.3, -0.25) is 38.8 Å². The van der Waals surface area contributed by atoms with Gasteiger partial charge in [-0.2, -0.15) is 0 Å². The van der Waals surface area contributed by atoms with Crippen LogP contribution in [0.25, 0.3) is 0 Å². The number of carbonyl (C=O) groups is 4. The van der Waals surface area contributed by atoms with Crippen molar-refractivity contribution in [2.24, 2.45) is 0 Å². The molecule has 0 atom stereocenters. The van der Waals surface area contributed by atoms with Gasteiger partial charge in [0.15, 0.2) is 0 Å². The fraction of sp³-hybridized carbons (Fsp3) is 0.818. The Labute approximate surface area is 206 Å². The summed E-state index contributed by atoms with van der Waals surface area (Å²) in [5, 5.41) is 30.7. The van der Waals surface area contributed by atoms with Crippen LogP contribution in [0.4, 0.5) is 0 Å². The van der Waals surface area contributed by atoms with Gasteiger partial charge in [-0.15, -0.1) is 0 Å². The Morgan fingerprint density at radius 3 is 1.20 bits per heavy atom. The zero-order valence-electron chi connectivity index (χ0n) is 20.4. The third-order valence-corrected chi connectivity index (χ3v) is 6.32. The molecule has 1 amide bonds. The van der Waals surface area contributed by atoms with Crippen LogP contribution in [0.3, 0.4) is 0 Å². The van der Waals surface area contributed by atoms with E-state index in [0.29, 0.717) is 58.9 Å². The topological polar surface area (TPSA) is 157 Å². The van der Waals surface area contributed by atoms with Crippen molar-refractivity contribution in [3.05, 3.63) is 0 Å². The Kier molecular flexibility index (Phi) is 12.9. The van der Waals surface area contributed by atoms with Gasteiger partial charge >= 0.3 is 17.9 Å². The quantitative estimate of drug-likeness (QED) is 0.240. The van der Waals surface area contributed by atoms with Gasteiger partial charge in [0, 0.05) is 65.4 Å². The minimum absolute atomic E-state index is 0.113. The van der Waals surface area contributed by atoms with Crippen LogP contribution in [0.5, 0.6) is 0 Å². The Balaban J connectivity index is 1.99. The van der Waals surface area contributed by atoms with Crippen LogP contribution in [0.1, 0.15) is 12.8 Å². The number of nitrogens with zero attached hydrogens (tertiary/aromatic N) is 5. The van der Waals surface area contributed by atoms with E-state index in [1.807, 2.05) is 4.90 Å². The Bertz CT molecular complexity index is 672. The molecule has 0 aromatic heterocycles. The highest BCUT2D eigenvalue weighted by Crippen LogP contribution is 2.05. The van der Waals surface area contributed by atoms with Crippen LogP contribution in [0.15, 0.2) is 0 Å². The van der Waals surface area contributed by atoms with Gasteiger partial charge in [-0.05, 0) is 25.9 Å². The van der Waals surface area contributed by atoms with Crippen molar-refractivity contribution in [3.63, 3.8) is 0 Å². The second kappa shape index (κ2) is 15.6. The Morgan fingerprint density at radius 2 is 0.857 bits per heavy atom. The highest BCUT2D eigenvalue weighted by Gasteiger charge is 2.21. The van der Waals surface area contributed by atoms with Gasteiger partial charge in [-0.1, -0.05) is 0 Å². The van der Waals surface area contributed by atoms with E-state index in [9.17, 15) is 34.5 Å². The summed E-state index contributed by atoms with van der Waals surface area (Å²) in [7, 11) is 0. The van der Waals surface area contributed by atoms with Crippen LogP contribution < -0.4 is 5.32 Å². The van der Waals surface area contributed by atoms with E-state index in [1.165, 1.54) is 12.8 Å². The van der Waals surface area contributed by atoms with E-state index in [1.54, 1.807) is 14.7 Å². The smallest absolute Gasteiger partial charge is 0.317 e. The number of carboxylic acids is 3. The molecule has 2 fully saturated rings. The van der Waals surface area contributed by atoms with Crippen molar-refractivity contribution in [3.8, 4) is 0 Å². The number of hydrogen-bond donors (Lipinski definition) is 4. The van der Waals surface area contributed by atoms with Crippen LogP contribution in [0.2, 0.25) is 0 Å². The lowest BCUT2D eigenvalue weighted by Crippen LogP contribution is -2.50.